The fraction of sp³-hybridized carbons (Fsp3) is 0.571. The fourth-order valence-corrected chi connectivity index (χ4v) is 4.76. The van der Waals surface area contributed by atoms with Gasteiger partial charge in [0.1, 0.15) is 6.04 Å². The lowest BCUT2D eigenvalue weighted by atomic mass is 9.97. The number of hydrogen-bond donors (Lipinski definition) is 4. The highest BCUT2D eigenvalue weighted by Gasteiger charge is 2.59. The lowest BCUT2D eigenvalue weighted by Gasteiger charge is -2.41. The molecule has 1 heterocycles. The van der Waals surface area contributed by atoms with Crippen LogP contribution >= 0.6 is 11.6 Å². The zero-order valence-electron chi connectivity index (χ0n) is 17.0. The molecule has 8 nitrogen and oxygen atoms in total. The Hall–Kier alpha value is -2.00. The van der Waals surface area contributed by atoms with Crippen molar-refractivity contribution in [3.8, 4) is 0 Å². The Bertz CT molecular complexity index is 775. The number of carboxylic acids is 2. The van der Waals surface area contributed by atoms with E-state index in [9.17, 15) is 24.6 Å². The summed E-state index contributed by atoms with van der Waals surface area (Å²) in [6, 6.07) is 3.83. The van der Waals surface area contributed by atoms with Gasteiger partial charge >= 0.3 is 17.8 Å². The number of nitrogens with zero attached hydrogens (tertiary/aromatic N) is 1. The SMILES string of the molecule is NCCCC[C@H](N)C(=O)[N+]1(C(CCc2ccccc2Cl)C(=O)O)CCC[C@H]1C(=O)O. The van der Waals surface area contributed by atoms with Crippen LogP contribution in [0.3, 0.4) is 0 Å². The molecule has 30 heavy (non-hydrogen) atoms. The summed E-state index contributed by atoms with van der Waals surface area (Å²) in [6.07, 6.45) is 2.76. The smallest absolute Gasteiger partial charge is 0.363 e. The monoisotopic (exact) mass is 440 g/mol. The number of hydrogen-bond acceptors (Lipinski definition) is 5. The van der Waals surface area contributed by atoms with Crippen LogP contribution in [0.15, 0.2) is 24.3 Å². The summed E-state index contributed by atoms with van der Waals surface area (Å²) in [5, 5.41) is 20.4. The van der Waals surface area contributed by atoms with E-state index in [-0.39, 0.29) is 19.4 Å². The van der Waals surface area contributed by atoms with Gasteiger partial charge in [0.05, 0.1) is 6.54 Å². The molecule has 1 aromatic carbocycles. The summed E-state index contributed by atoms with van der Waals surface area (Å²) >= 11 is 6.20. The average molecular weight is 441 g/mol. The van der Waals surface area contributed by atoms with Gasteiger partial charge in [-0.1, -0.05) is 29.8 Å². The number of unbranched alkanes of at least 4 members (excludes halogenated alkanes) is 1. The number of likely N-dealkylation sites (tertiary alicyclic amines) is 1. The van der Waals surface area contributed by atoms with Crippen molar-refractivity contribution < 1.29 is 29.1 Å². The molecule has 9 heteroatoms. The molecule has 166 valence electrons. The van der Waals surface area contributed by atoms with Crippen molar-refractivity contribution in [2.75, 3.05) is 13.1 Å². The first-order valence-electron chi connectivity index (χ1n) is 10.3. The van der Waals surface area contributed by atoms with Gasteiger partial charge in [0.2, 0.25) is 0 Å². The Morgan fingerprint density at radius 1 is 1.17 bits per heavy atom. The van der Waals surface area contributed by atoms with E-state index in [1.165, 1.54) is 0 Å². The fourth-order valence-electron chi connectivity index (χ4n) is 4.53. The number of carboxylic acid groups (broad SMARTS) is 2. The molecule has 1 amide bonds. The van der Waals surface area contributed by atoms with Gasteiger partial charge in [0.15, 0.2) is 12.1 Å². The average Bonchev–Trinajstić information content (AvgIpc) is 3.14. The van der Waals surface area contributed by atoms with E-state index < -0.39 is 40.5 Å². The molecule has 0 bridgehead atoms. The molecular formula is C21H31ClN3O5+. The number of quaternary nitrogens is 1. The van der Waals surface area contributed by atoms with Gasteiger partial charge < -0.3 is 21.7 Å². The summed E-state index contributed by atoms with van der Waals surface area (Å²) < 4.78 is -0.640. The third-order valence-electron chi connectivity index (χ3n) is 6.03. The molecule has 0 aliphatic carbocycles. The van der Waals surface area contributed by atoms with E-state index >= 15 is 0 Å². The lowest BCUT2D eigenvalue weighted by Crippen LogP contribution is -2.69. The molecule has 1 aliphatic rings. The third kappa shape index (κ3) is 5.18. The van der Waals surface area contributed by atoms with E-state index in [0.717, 1.165) is 5.56 Å². The van der Waals surface area contributed by atoms with Gasteiger partial charge in [-0.15, -0.1) is 0 Å². The molecule has 0 aromatic heterocycles. The topological polar surface area (TPSA) is 144 Å². The Balaban J connectivity index is 2.37. The zero-order valence-corrected chi connectivity index (χ0v) is 17.8. The van der Waals surface area contributed by atoms with Crippen molar-refractivity contribution >= 4 is 29.4 Å². The number of nitrogens with two attached hydrogens (primary N) is 2. The summed E-state index contributed by atoms with van der Waals surface area (Å²) in [6.45, 7) is 0.619. The number of amides is 1. The van der Waals surface area contributed by atoms with Gasteiger partial charge in [-0.2, -0.15) is 0 Å². The van der Waals surface area contributed by atoms with Crippen molar-refractivity contribution in [1.82, 2.24) is 0 Å². The van der Waals surface area contributed by atoms with Gasteiger partial charge in [0, 0.05) is 24.3 Å². The largest absolute Gasteiger partial charge is 0.477 e. The summed E-state index contributed by atoms with van der Waals surface area (Å²) in [5.74, 6) is -2.87. The number of carbonyl (C=O) groups is 3. The van der Waals surface area contributed by atoms with Gasteiger partial charge in [-0.25, -0.2) is 18.9 Å². The lowest BCUT2D eigenvalue weighted by molar-refractivity contribution is -0.875. The molecule has 1 saturated heterocycles. The quantitative estimate of drug-likeness (QED) is 0.303. The minimum absolute atomic E-state index is 0.0874. The first kappa shape index (κ1) is 24.3. The molecular weight excluding hydrogens is 410 g/mol. The highest BCUT2D eigenvalue weighted by Crippen LogP contribution is 2.35. The van der Waals surface area contributed by atoms with Crippen LogP contribution in [0, 0.1) is 0 Å². The van der Waals surface area contributed by atoms with Crippen molar-refractivity contribution in [2.45, 2.75) is 63.1 Å². The number of benzene rings is 1. The Labute approximate surface area is 181 Å². The first-order valence-corrected chi connectivity index (χ1v) is 10.7. The van der Waals surface area contributed by atoms with Crippen LogP contribution in [-0.2, 0) is 20.8 Å². The minimum Gasteiger partial charge on any atom is -0.477 e. The number of rotatable bonds is 11. The summed E-state index contributed by atoms with van der Waals surface area (Å²) in [4.78, 5) is 37.8. The van der Waals surface area contributed by atoms with Crippen LogP contribution in [-0.4, -0.2) is 63.8 Å². The van der Waals surface area contributed by atoms with Crippen LogP contribution < -0.4 is 11.5 Å². The maximum atomic E-state index is 13.5. The van der Waals surface area contributed by atoms with Crippen molar-refractivity contribution in [3.05, 3.63) is 34.9 Å². The molecule has 2 unspecified atom stereocenters. The second-order valence-corrected chi connectivity index (χ2v) is 8.27. The molecule has 6 N–H and O–H groups in total. The Morgan fingerprint density at radius 2 is 1.87 bits per heavy atom. The second kappa shape index (κ2) is 10.9. The van der Waals surface area contributed by atoms with Crippen LogP contribution in [0.4, 0.5) is 0 Å². The van der Waals surface area contributed by atoms with E-state index in [4.69, 9.17) is 23.1 Å². The molecule has 0 radical (unpaired) electrons. The van der Waals surface area contributed by atoms with Crippen LogP contribution in [0.1, 0.15) is 44.1 Å². The number of carbonyl (C=O) groups excluding carboxylic acids is 1. The standard InChI is InChI=1S/C21H30ClN3O5/c22-15-7-2-1-6-14(15)10-11-18(21(29)30)25(13-5-9-17(25)20(27)28)19(26)16(24)8-3-4-12-23/h1-2,6-7,16-18H,3-5,8-13,23-24H2,(H-,27,28,29,30)/p+1/t16-,17-,18?,25?/m0/s1. The Kier molecular flexibility index (Phi) is 8.78. The molecule has 2 rings (SSSR count). The van der Waals surface area contributed by atoms with Gasteiger partial charge in [0.25, 0.3) is 0 Å². The maximum Gasteiger partial charge on any atom is 0.363 e. The molecule has 1 aromatic rings. The van der Waals surface area contributed by atoms with Crippen molar-refractivity contribution in [1.29, 1.82) is 0 Å². The van der Waals surface area contributed by atoms with Crippen LogP contribution in [0.2, 0.25) is 5.02 Å². The van der Waals surface area contributed by atoms with Gasteiger partial charge in [-0.05, 0) is 43.9 Å². The zero-order chi connectivity index (χ0) is 22.3. The Morgan fingerprint density at radius 3 is 2.47 bits per heavy atom. The maximum absolute atomic E-state index is 13.5. The van der Waals surface area contributed by atoms with Crippen LogP contribution in [0.25, 0.3) is 0 Å². The van der Waals surface area contributed by atoms with Gasteiger partial charge in [-0.3, -0.25) is 0 Å². The molecule has 1 fully saturated rings. The van der Waals surface area contributed by atoms with E-state index in [1.54, 1.807) is 24.3 Å². The highest BCUT2D eigenvalue weighted by molar-refractivity contribution is 6.31. The van der Waals surface area contributed by atoms with Crippen molar-refractivity contribution in [2.24, 2.45) is 11.5 Å². The third-order valence-corrected chi connectivity index (χ3v) is 6.40. The van der Waals surface area contributed by atoms with E-state index in [2.05, 4.69) is 0 Å². The molecule has 0 spiro atoms. The normalized spacial score (nSPS) is 23.1. The molecule has 1 aliphatic heterocycles. The first-order chi connectivity index (χ1) is 14.3. The molecule has 4 atom stereocenters. The highest BCUT2D eigenvalue weighted by atomic mass is 35.5. The van der Waals surface area contributed by atoms with Crippen LogP contribution in [0.5, 0.6) is 0 Å². The second-order valence-electron chi connectivity index (χ2n) is 7.86. The van der Waals surface area contributed by atoms with Crippen molar-refractivity contribution in [3.63, 3.8) is 0 Å². The number of halogens is 1. The number of aryl methyl sites for hydroxylation is 1. The predicted molar refractivity (Wildman–Crippen MR) is 113 cm³/mol. The predicted octanol–water partition coefficient (Wildman–Crippen LogP) is 1.77. The minimum atomic E-state index is -1.21. The number of aliphatic carboxylic acids is 2. The summed E-state index contributed by atoms with van der Waals surface area (Å²) in [5.41, 5.74) is 12.4. The van der Waals surface area contributed by atoms with E-state index in [1.807, 2.05) is 0 Å². The summed E-state index contributed by atoms with van der Waals surface area (Å²) in [7, 11) is 0. The molecule has 0 saturated carbocycles. The van der Waals surface area contributed by atoms with E-state index in [0.29, 0.717) is 43.7 Å².